The summed E-state index contributed by atoms with van der Waals surface area (Å²) in [4.78, 5) is 0. The van der Waals surface area contributed by atoms with E-state index in [0.29, 0.717) is 0 Å². The van der Waals surface area contributed by atoms with Gasteiger partial charge in [0.05, 0.1) is 0 Å². The summed E-state index contributed by atoms with van der Waals surface area (Å²) in [5.74, 6) is 0. The fraction of sp³-hybridized carbons (Fsp3) is 1.00. The number of rotatable bonds is 4. The molecule has 0 aliphatic rings. The van der Waals surface area contributed by atoms with Crippen molar-refractivity contribution in [2.45, 2.75) is 39.5 Å². The fourth-order valence-electron chi connectivity index (χ4n) is 0.289. The maximum Gasteiger partial charge on any atom is 1.00 e. The Morgan fingerprint density at radius 3 is 1.00 bits per heavy atom. The molecule has 0 N–H and O–H groups in total. The van der Waals surface area contributed by atoms with Gasteiger partial charge in [0, 0.05) is 0 Å². The van der Waals surface area contributed by atoms with Gasteiger partial charge in [-0.3, -0.25) is 0 Å². The molecule has 0 unspecified atom stereocenters. The average Bonchev–Trinajstić information content (AvgIpc) is 1.93. The molecular weight excluding hydrogens is 206 g/mol. The first kappa shape index (κ1) is 24.4. The van der Waals surface area contributed by atoms with Gasteiger partial charge in [0.1, 0.15) is 0 Å². The van der Waals surface area contributed by atoms with Crippen LogP contribution in [0.1, 0.15) is 39.5 Å². The van der Waals surface area contributed by atoms with Crippen molar-refractivity contribution in [3.05, 3.63) is 0 Å². The second kappa shape index (κ2) is 29.2. The third kappa shape index (κ3) is 37.9. The van der Waals surface area contributed by atoms with E-state index in [1.165, 1.54) is 0 Å². The molecular formula is C8H18K2O2. The van der Waals surface area contributed by atoms with E-state index in [4.69, 9.17) is 0 Å². The quantitative estimate of drug-likeness (QED) is 0.447. The van der Waals surface area contributed by atoms with Crippen molar-refractivity contribution in [1.82, 2.24) is 0 Å². The third-order valence-electron chi connectivity index (χ3n) is 0.996. The summed E-state index contributed by atoms with van der Waals surface area (Å²) < 4.78 is 0. The molecule has 0 fully saturated rings. The first-order chi connectivity index (χ1) is 4.83. The third-order valence-corrected chi connectivity index (χ3v) is 0.996. The van der Waals surface area contributed by atoms with E-state index in [1.807, 2.05) is 13.8 Å². The average molecular weight is 224 g/mol. The van der Waals surface area contributed by atoms with Gasteiger partial charge in [-0.1, -0.05) is 39.5 Å². The van der Waals surface area contributed by atoms with Crippen LogP contribution in [-0.4, -0.2) is 13.2 Å². The van der Waals surface area contributed by atoms with Crippen LogP contribution in [0.3, 0.4) is 0 Å². The Morgan fingerprint density at radius 2 is 1.00 bits per heavy atom. The molecule has 12 heavy (non-hydrogen) atoms. The maximum atomic E-state index is 9.53. The number of hydrogen-bond donors (Lipinski definition) is 0. The zero-order chi connectivity index (χ0) is 8.24. The van der Waals surface area contributed by atoms with Gasteiger partial charge in [-0.25, -0.2) is 0 Å². The van der Waals surface area contributed by atoms with Crippen LogP contribution in [-0.2, 0) is 0 Å². The van der Waals surface area contributed by atoms with Gasteiger partial charge in [-0.2, -0.15) is 0 Å². The van der Waals surface area contributed by atoms with E-state index < -0.39 is 0 Å². The second-order valence-corrected chi connectivity index (χ2v) is 2.12. The first-order valence-corrected chi connectivity index (χ1v) is 3.99. The van der Waals surface area contributed by atoms with E-state index in [2.05, 4.69) is 0 Å². The molecule has 0 aromatic rings. The molecule has 0 aliphatic carbocycles. The van der Waals surface area contributed by atoms with E-state index in [9.17, 15) is 10.2 Å². The Kier molecular flexibility index (Phi) is 59.5. The zero-order valence-corrected chi connectivity index (χ0v) is 15.3. The van der Waals surface area contributed by atoms with Gasteiger partial charge < -0.3 is 10.2 Å². The summed E-state index contributed by atoms with van der Waals surface area (Å²) in [6, 6.07) is 0. The van der Waals surface area contributed by atoms with Crippen molar-refractivity contribution in [3.63, 3.8) is 0 Å². The van der Waals surface area contributed by atoms with Crippen LogP contribution in [0.2, 0.25) is 0 Å². The van der Waals surface area contributed by atoms with Crippen LogP contribution in [0.4, 0.5) is 0 Å². The van der Waals surface area contributed by atoms with Gasteiger partial charge in [-0.05, 0) is 0 Å². The largest absolute Gasteiger partial charge is 1.00 e. The van der Waals surface area contributed by atoms with Crippen molar-refractivity contribution in [2.24, 2.45) is 0 Å². The number of unbranched alkanes of at least 4 members (excludes halogenated alkanes) is 2. The predicted octanol–water partition coefficient (Wildman–Crippen LogP) is -5.70. The Labute approximate surface area is 162 Å². The summed E-state index contributed by atoms with van der Waals surface area (Å²) in [7, 11) is 0. The van der Waals surface area contributed by atoms with Crippen LogP contribution in [0.25, 0.3) is 0 Å². The molecule has 0 aromatic heterocycles. The topological polar surface area (TPSA) is 46.1 Å². The smallest absolute Gasteiger partial charge is 0.854 e. The van der Waals surface area contributed by atoms with Gasteiger partial charge in [0.2, 0.25) is 0 Å². The van der Waals surface area contributed by atoms with E-state index in [1.54, 1.807) is 0 Å². The molecule has 0 bridgehead atoms. The Bertz CT molecular complexity index is 36.0. The normalized spacial score (nSPS) is 7.00. The van der Waals surface area contributed by atoms with Crippen LogP contribution in [0.5, 0.6) is 0 Å². The van der Waals surface area contributed by atoms with Crippen LogP contribution in [0, 0.1) is 0 Å². The summed E-state index contributed by atoms with van der Waals surface area (Å²) in [5.41, 5.74) is 0. The molecule has 0 saturated carbocycles. The van der Waals surface area contributed by atoms with E-state index in [-0.39, 0.29) is 116 Å². The molecule has 0 spiro atoms. The van der Waals surface area contributed by atoms with Crippen molar-refractivity contribution >= 4 is 0 Å². The molecule has 0 amide bonds. The van der Waals surface area contributed by atoms with Gasteiger partial charge >= 0.3 is 103 Å². The molecule has 2 nitrogen and oxygen atoms in total. The Balaban J connectivity index is -0.0000000457. The summed E-state index contributed by atoms with van der Waals surface area (Å²) >= 11 is 0. The molecule has 0 aliphatic heterocycles. The number of hydrogen-bond acceptors (Lipinski definition) is 2. The van der Waals surface area contributed by atoms with Crippen molar-refractivity contribution in [3.8, 4) is 0 Å². The van der Waals surface area contributed by atoms with E-state index >= 15 is 0 Å². The van der Waals surface area contributed by atoms with Crippen LogP contribution < -0.4 is 113 Å². The van der Waals surface area contributed by atoms with Gasteiger partial charge in [0.25, 0.3) is 0 Å². The zero-order valence-electron chi connectivity index (χ0n) is 9.06. The van der Waals surface area contributed by atoms with Crippen LogP contribution >= 0.6 is 0 Å². The monoisotopic (exact) mass is 224 g/mol. The minimum atomic E-state index is 0. The molecule has 0 saturated heterocycles. The van der Waals surface area contributed by atoms with Crippen molar-refractivity contribution in [1.29, 1.82) is 0 Å². The van der Waals surface area contributed by atoms with Crippen LogP contribution in [0.15, 0.2) is 0 Å². The predicted molar refractivity (Wildman–Crippen MR) is 39.6 cm³/mol. The van der Waals surface area contributed by atoms with Gasteiger partial charge in [-0.15, -0.1) is 13.2 Å². The minimum Gasteiger partial charge on any atom is -0.854 e. The molecule has 0 radical (unpaired) electrons. The van der Waals surface area contributed by atoms with Crippen molar-refractivity contribution in [2.75, 3.05) is 13.2 Å². The molecule has 4 heteroatoms. The molecule has 0 heterocycles. The molecule has 0 atom stereocenters. The molecule has 0 aromatic carbocycles. The summed E-state index contributed by atoms with van der Waals surface area (Å²) in [5, 5.41) is 19.1. The summed E-state index contributed by atoms with van der Waals surface area (Å²) in [6.07, 6.45) is 3.73. The first-order valence-electron chi connectivity index (χ1n) is 3.99. The maximum absolute atomic E-state index is 9.53. The van der Waals surface area contributed by atoms with Gasteiger partial charge in [0.15, 0.2) is 0 Å². The van der Waals surface area contributed by atoms with Crippen molar-refractivity contribution < 1.29 is 113 Å². The fourth-order valence-corrected chi connectivity index (χ4v) is 0.289. The Morgan fingerprint density at radius 1 is 0.750 bits per heavy atom. The molecule has 0 rings (SSSR count). The SMILES string of the molecule is CCCC[O-].CCCC[O-].[K+].[K+]. The Hall–Kier alpha value is 3.19. The minimum absolute atomic E-state index is 0. The van der Waals surface area contributed by atoms with E-state index in [0.717, 1.165) is 25.7 Å². The molecule has 64 valence electrons. The standard InChI is InChI=1S/2C4H9O.2K/c2*1-2-3-4-5;;/h2*2-4H2,1H3;;/q2*-1;2*+1. The summed E-state index contributed by atoms with van der Waals surface area (Å²) in [6.45, 7) is 4.21. The second-order valence-electron chi connectivity index (χ2n) is 2.12.